The second-order valence-corrected chi connectivity index (χ2v) is 7.35. The van der Waals surface area contributed by atoms with Crippen molar-refractivity contribution in [2.45, 2.75) is 32.5 Å². The zero-order chi connectivity index (χ0) is 18.5. The number of hydrogen-bond donors (Lipinski definition) is 1. The Morgan fingerprint density at radius 3 is 2.65 bits per heavy atom. The number of aryl methyl sites for hydroxylation is 1. The number of carbonyl (C=O) groups is 1. The fourth-order valence-electron chi connectivity index (χ4n) is 2.59. The van der Waals surface area contributed by atoms with Gasteiger partial charge in [0.05, 0.1) is 17.6 Å². The van der Waals surface area contributed by atoms with E-state index in [-0.39, 0.29) is 11.7 Å². The van der Waals surface area contributed by atoms with Gasteiger partial charge in [0.25, 0.3) is 0 Å². The van der Waals surface area contributed by atoms with Gasteiger partial charge in [0.15, 0.2) is 11.0 Å². The lowest BCUT2D eigenvalue weighted by Gasteiger charge is -2.12. The number of aromatic nitrogens is 3. The minimum Gasteiger partial charge on any atom is -0.469 e. The molecule has 0 radical (unpaired) electrons. The SMILES string of the molecule is Cc1occc1-c1nnc(SCC(=O)Nc2ccccc2)n1CC(C)C. The molecule has 26 heavy (non-hydrogen) atoms. The largest absolute Gasteiger partial charge is 0.469 e. The topological polar surface area (TPSA) is 72.9 Å². The van der Waals surface area contributed by atoms with E-state index in [9.17, 15) is 4.79 Å². The Bertz CT molecular complexity index is 871. The van der Waals surface area contributed by atoms with Crippen molar-refractivity contribution in [2.75, 3.05) is 11.1 Å². The maximum atomic E-state index is 12.2. The highest BCUT2D eigenvalue weighted by Gasteiger charge is 2.19. The number of anilines is 1. The molecule has 3 aromatic rings. The molecule has 2 aromatic heterocycles. The first-order chi connectivity index (χ1) is 12.5. The number of para-hydroxylation sites is 1. The number of thioether (sulfide) groups is 1. The van der Waals surface area contributed by atoms with Crippen LogP contribution >= 0.6 is 11.8 Å². The summed E-state index contributed by atoms with van der Waals surface area (Å²) in [6, 6.07) is 11.3. The average molecular weight is 370 g/mol. The van der Waals surface area contributed by atoms with Crippen LogP contribution < -0.4 is 5.32 Å². The molecule has 136 valence electrons. The fourth-order valence-corrected chi connectivity index (χ4v) is 3.34. The van der Waals surface area contributed by atoms with E-state index in [0.717, 1.165) is 34.5 Å². The molecule has 0 aliphatic heterocycles. The van der Waals surface area contributed by atoms with Gasteiger partial charge in [-0.05, 0) is 31.0 Å². The Morgan fingerprint density at radius 2 is 2.00 bits per heavy atom. The normalized spacial score (nSPS) is 11.1. The van der Waals surface area contributed by atoms with Gasteiger partial charge in [-0.1, -0.05) is 43.8 Å². The van der Waals surface area contributed by atoms with E-state index < -0.39 is 0 Å². The average Bonchev–Trinajstić information content (AvgIpc) is 3.19. The van der Waals surface area contributed by atoms with Crippen LogP contribution in [0.2, 0.25) is 0 Å². The number of benzene rings is 1. The molecule has 0 bridgehead atoms. The van der Waals surface area contributed by atoms with Gasteiger partial charge in [0.2, 0.25) is 5.91 Å². The molecule has 0 aliphatic rings. The molecular weight excluding hydrogens is 348 g/mol. The van der Waals surface area contributed by atoms with Crippen LogP contribution in [-0.2, 0) is 11.3 Å². The molecule has 7 heteroatoms. The molecule has 1 aromatic carbocycles. The number of nitrogens with zero attached hydrogens (tertiary/aromatic N) is 3. The number of nitrogens with one attached hydrogen (secondary N) is 1. The highest BCUT2D eigenvalue weighted by atomic mass is 32.2. The van der Waals surface area contributed by atoms with E-state index in [1.54, 1.807) is 6.26 Å². The monoisotopic (exact) mass is 370 g/mol. The predicted octanol–water partition coefficient (Wildman–Crippen LogP) is 4.23. The fraction of sp³-hybridized carbons (Fsp3) is 0.316. The minimum atomic E-state index is -0.0682. The third kappa shape index (κ3) is 4.35. The molecular formula is C19H22N4O2S. The number of rotatable bonds is 7. The Morgan fingerprint density at radius 1 is 1.23 bits per heavy atom. The van der Waals surface area contributed by atoms with Crippen molar-refractivity contribution in [3.05, 3.63) is 48.4 Å². The van der Waals surface area contributed by atoms with Gasteiger partial charge < -0.3 is 14.3 Å². The molecule has 6 nitrogen and oxygen atoms in total. The van der Waals surface area contributed by atoms with Gasteiger partial charge >= 0.3 is 0 Å². The van der Waals surface area contributed by atoms with Crippen molar-refractivity contribution in [3.8, 4) is 11.4 Å². The summed E-state index contributed by atoms with van der Waals surface area (Å²) in [5, 5.41) is 12.3. The lowest BCUT2D eigenvalue weighted by Crippen LogP contribution is -2.15. The summed E-state index contributed by atoms with van der Waals surface area (Å²) < 4.78 is 7.46. The number of carbonyl (C=O) groups excluding carboxylic acids is 1. The maximum absolute atomic E-state index is 12.2. The second kappa shape index (κ2) is 8.23. The van der Waals surface area contributed by atoms with E-state index in [0.29, 0.717) is 5.92 Å². The molecule has 0 spiro atoms. The van der Waals surface area contributed by atoms with Crippen LogP contribution in [0.4, 0.5) is 5.69 Å². The van der Waals surface area contributed by atoms with Crippen LogP contribution in [0.1, 0.15) is 19.6 Å². The third-order valence-corrected chi connectivity index (χ3v) is 4.72. The highest BCUT2D eigenvalue weighted by Crippen LogP contribution is 2.28. The Labute approximate surface area is 157 Å². The van der Waals surface area contributed by atoms with Crippen molar-refractivity contribution in [3.63, 3.8) is 0 Å². The predicted molar refractivity (Wildman–Crippen MR) is 103 cm³/mol. The summed E-state index contributed by atoms with van der Waals surface area (Å²) in [5.74, 6) is 2.21. The molecule has 0 saturated carbocycles. The van der Waals surface area contributed by atoms with Crippen LogP contribution in [0.3, 0.4) is 0 Å². The Kier molecular flexibility index (Phi) is 5.78. The van der Waals surface area contributed by atoms with Gasteiger partial charge in [-0.25, -0.2) is 0 Å². The molecule has 0 unspecified atom stereocenters. The summed E-state index contributed by atoms with van der Waals surface area (Å²) in [5.41, 5.74) is 1.72. The Balaban J connectivity index is 1.74. The number of furan rings is 1. The standard InChI is InChI=1S/C19H22N4O2S/c1-13(2)11-23-18(16-9-10-25-14(16)3)21-22-19(23)26-12-17(24)20-15-7-5-4-6-8-15/h4-10,13H,11-12H2,1-3H3,(H,20,24). The van der Waals surface area contributed by atoms with E-state index in [1.165, 1.54) is 11.8 Å². The summed E-state index contributed by atoms with van der Waals surface area (Å²) >= 11 is 1.39. The second-order valence-electron chi connectivity index (χ2n) is 6.40. The van der Waals surface area contributed by atoms with Crippen molar-refractivity contribution >= 4 is 23.4 Å². The van der Waals surface area contributed by atoms with E-state index in [1.807, 2.05) is 43.3 Å². The molecule has 1 N–H and O–H groups in total. The molecule has 0 aliphatic carbocycles. The van der Waals surface area contributed by atoms with Crippen LogP contribution in [0.25, 0.3) is 11.4 Å². The van der Waals surface area contributed by atoms with Gasteiger partial charge in [-0.2, -0.15) is 0 Å². The number of amides is 1. The van der Waals surface area contributed by atoms with Gasteiger partial charge in [0.1, 0.15) is 5.76 Å². The van der Waals surface area contributed by atoms with E-state index in [4.69, 9.17) is 4.42 Å². The van der Waals surface area contributed by atoms with E-state index in [2.05, 4.69) is 33.9 Å². The maximum Gasteiger partial charge on any atom is 0.234 e. The van der Waals surface area contributed by atoms with Crippen LogP contribution in [0.5, 0.6) is 0 Å². The smallest absolute Gasteiger partial charge is 0.234 e. The van der Waals surface area contributed by atoms with Crippen LogP contribution in [0.15, 0.2) is 52.2 Å². The number of hydrogen-bond acceptors (Lipinski definition) is 5. The summed E-state index contributed by atoms with van der Waals surface area (Å²) in [6.07, 6.45) is 1.65. The van der Waals surface area contributed by atoms with Crippen molar-refractivity contribution in [1.82, 2.24) is 14.8 Å². The molecule has 0 fully saturated rings. The Hall–Kier alpha value is -2.54. The van der Waals surface area contributed by atoms with Crippen LogP contribution in [-0.4, -0.2) is 26.4 Å². The first kappa shape index (κ1) is 18.3. The highest BCUT2D eigenvalue weighted by molar-refractivity contribution is 7.99. The van der Waals surface area contributed by atoms with Gasteiger partial charge in [-0.15, -0.1) is 10.2 Å². The van der Waals surface area contributed by atoms with Gasteiger partial charge in [-0.3, -0.25) is 4.79 Å². The van der Waals surface area contributed by atoms with E-state index >= 15 is 0 Å². The van der Waals surface area contributed by atoms with Gasteiger partial charge in [0, 0.05) is 12.2 Å². The lowest BCUT2D eigenvalue weighted by molar-refractivity contribution is -0.113. The molecule has 2 heterocycles. The quantitative estimate of drug-likeness (QED) is 0.630. The van der Waals surface area contributed by atoms with Crippen molar-refractivity contribution < 1.29 is 9.21 Å². The zero-order valence-electron chi connectivity index (χ0n) is 15.1. The zero-order valence-corrected chi connectivity index (χ0v) is 15.9. The minimum absolute atomic E-state index is 0.0682. The summed E-state index contributed by atoms with van der Waals surface area (Å²) in [4.78, 5) is 12.2. The van der Waals surface area contributed by atoms with Crippen molar-refractivity contribution in [2.24, 2.45) is 5.92 Å². The summed E-state index contributed by atoms with van der Waals surface area (Å²) in [7, 11) is 0. The molecule has 0 saturated heterocycles. The van der Waals surface area contributed by atoms with Crippen LogP contribution in [0, 0.1) is 12.8 Å². The molecule has 1 amide bonds. The molecule has 3 rings (SSSR count). The molecule has 0 atom stereocenters. The summed E-state index contributed by atoms with van der Waals surface area (Å²) in [6.45, 7) is 6.96. The lowest BCUT2D eigenvalue weighted by atomic mass is 10.2. The van der Waals surface area contributed by atoms with Crippen molar-refractivity contribution in [1.29, 1.82) is 0 Å². The first-order valence-corrected chi connectivity index (χ1v) is 9.48. The third-order valence-electron chi connectivity index (χ3n) is 3.75. The first-order valence-electron chi connectivity index (χ1n) is 8.50.